The lowest BCUT2D eigenvalue weighted by atomic mass is 10.2. The molecule has 2 aliphatic rings. The number of aromatic nitrogens is 1. The Morgan fingerprint density at radius 2 is 2.40 bits per heavy atom. The lowest BCUT2D eigenvalue weighted by molar-refractivity contribution is -0.108. The zero-order chi connectivity index (χ0) is 13.2. The smallest absolute Gasteiger partial charge is 0.138 e. The minimum Gasteiger partial charge on any atom is -0.487 e. The van der Waals surface area contributed by atoms with E-state index in [-0.39, 0.29) is 18.5 Å². The van der Waals surface area contributed by atoms with Crippen molar-refractivity contribution in [3.8, 4) is 5.75 Å². The molecule has 0 spiro atoms. The van der Waals surface area contributed by atoms with Gasteiger partial charge in [0, 0.05) is 32.1 Å². The number of ether oxygens (including phenoxy) is 1. The quantitative estimate of drug-likeness (QED) is 0.845. The van der Waals surface area contributed by atoms with Gasteiger partial charge in [-0.2, -0.15) is 0 Å². The summed E-state index contributed by atoms with van der Waals surface area (Å²) in [5, 5.41) is 3.37. The first-order valence-corrected chi connectivity index (χ1v) is 6.78. The summed E-state index contributed by atoms with van der Waals surface area (Å²) in [4.78, 5) is 17.1. The number of carbonyl (C=O) groups is 1. The molecule has 3 rings (SSSR count). The average Bonchev–Trinajstić information content (AvgIpc) is 2.95. The molecule has 0 saturated carbocycles. The first kappa shape index (κ1) is 15.2. The van der Waals surface area contributed by atoms with E-state index in [1.165, 1.54) is 5.56 Å². The van der Waals surface area contributed by atoms with Crippen molar-refractivity contribution in [2.24, 2.45) is 0 Å². The van der Waals surface area contributed by atoms with E-state index in [2.05, 4.69) is 28.2 Å². The number of hydrogen-bond donors (Lipinski definition) is 1. The number of nitrogens with one attached hydrogen (secondary N) is 1. The second-order valence-electron chi connectivity index (χ2n) is 5.40. The molecule has 1 aromatic rings. The van der Waals surface area contributed by atoms with Crippen molar-refractivity contribution >= 4 is 18.7 Å². The maximum absolute atomic E-state index is 10.5. The molecule has 2 aliphatic heterocycles. The Labute approximate surface area is 125 Å². The van der Waals surface area contributed by atoms with Crippen LogP contribution in [0, 0.1) is 0 Å². The molecule has 1 fully saturated rings. The fourth-order valence-electron chi connectivity index (χ4n) is 2.78. The largest absolute Gasteiger partial charge is 0.487 e. The van der Waals surface area contributed by atoms with Gasteiger partial charge < -0.3 is 14.8 Å². The fourth-order valence-corrected chi connectivity index (χ4v) is 2.78. The third-order valence-corrected chi connectivity index (χ3v) is 3.75. The number of nitrogens with zero attached hydrogens (tertiary/aromatic N) is 2. The van der Waals surface area contributed by atoms with E-state index in [4.69, 9.17) is 4.74 Å². The van der Waals surface area contributed by atoms with Gasteiger partial charge in [0.1, 0.15) is 18.1 Å². The van der Waals surface area contributed by atoms with Crippen molar-refractivity contribution in [3.05, 3.63) is 23.5 Å². The SMILES string of the molecule is C[C@H]1C[C@@H](Oc2cnc3c(c2)CN(CC=O)C3)CN1.Cl. The van der Waals surface area contributed by atoms with Crippen LogP contribution >= 0.6 is 12.4 Å². The van der Waals surface area contributed by atoms with Crippen molar-refractivity contribution < 1.29 is 9.53 Å². The van der Waals surface area contributed by atoms with E-state index < -0.39 is 0 Å². The number of rotatable bonds is 4. The van der Waals surface area contributed by atoms with E-state index in [0.29, 0.717) is 12.6 Å². The molecule has 1 aromatic heterocycles. The lowest BCUT2D eigenvalue weighted by Crippen LogP contribution is -2.20. The minimum atomic E-state index is 0. The van der Waals surface area contributed by atoms with Gasteiger partial charge in [0.15, 0.2) is 0 Å². The Balaban J connectivity index is 0.00000147. The van der Waals surface area contributed by atoms with Gasteiger partial charge in [0.2, 0.25) is 0 Å². The normalized spacial score (nSPS) is 25.1. The van der Waals surface area contributed by atoms with Crippen LogP contribution in [0.2, 0.25) is 0 Å². The Morgan fingerprint density at radius 1 is 1.55 bits per heavy atom. The second kappa shape index (κ2) is 6.52. The van der Waals surface area contributed by atoms with Crippen molar-refractivity contribution in [1.82, 2.24) is 15.2 Å². The van der Waals surface area contributed by atoms with Crippen LogP contribution in [-0.4, -0.2) is 41.4 Å². The molecule has 1 saturated heterocycles. The zero-order valence-corrected chi connectivity index (χ0v) is 12.4. The number of pyridine rings is 1. The number of aldehydes is 1. The molecule has 110 valence electrons. The molecule has 6 heteroatoms. The standard InChI is InChI=1S/C14H19N3O2.ClH/c1-10-4-12(6-15-10)19-13-5-11-8-17(2-3-18)9-14(11)16-7-13;/h3,5,7,10,12,15H,2,4,6,8-9H2,1H3;1H/t10-,12+;/m0./s1. The molecule has 0 aromatic carbocycles. The summed E-state index contributed by atoms with van der Waals surface area (Å²) in [6.45, 7) is 5.09. The molecule has 5 nitrogen and oxygen atoms in total. The Morgan fingerprint density at radius 3 is 3.10 bits per heavy atom. The van der Waals surface area contributed by atoms with Crippen molar-refractivity contribution in [2.45, 2.75) is 38.6 Å². The average molecular weight is 298 g/mol. The van der Waals surface area contributed by atoms with Gasteiger partial charge in [-0.25, -0.2) is 0 Å². The van der Waals surface area contributed by atoms with E-state index in [1.54, 1.807) is 6.20 Å². The van der Waals surface area contributed by atoms with Crippen LogP contribution in [0.5, 0.6) is 5.75 Å². The summed E-state index contributed by atoms with van der Waals surface area (Å²) < 4.78 is 5.95. The van der Waals surface area contributed by atoms with Gasteiger partial charge in [-0.15, -0.1) is 12.4 Å². The summed E-state index contributed by atoms with van der Waals surface area (Å²) in [6, 6.07) is 2.59. The molecule has 0 amide bonds. The molecule has 0 unspecified atom stereocenters. The zero-order valence-electron chi connectivity index (χ0n) is 11.5. The molecule has 2 atom stereocenters. The van der Waals surface area contributed by atoms with Crippen LogP contribution in [0.3, 0.4) is 0 Å². The maximum Gasteiger partial charge on any atom is 0.138 e. The molecule has 0 radical (unpaired) electrons. The van der Waals surface area contributed by atoms with Crippen LogP contribution in [0.4, 0.5) is 0 Å². The van der Waals surface area contributed by atoms with E-state index in [1.807, 2.05) is 0 Å². The van der Waals surface area contributed by atoms with Gasteiger partial charge in [-0.05, 0) is 18.6 Å². The van der Waals surface area contributed by atoms with Crippen LogP contribution in [0.1, 0.15) is 24.6 Å². The topological polar surface area (TPSA) is 54.5 Å². The van der Waals surface area contributed by atoms with Crippen molar-refractivity contribution in [2.75, 3.05) is 13.1 Å². The predicted molar refractivity (Wildman–Crippen MR) is 78.2 cm³/mol. The van der Waals surface area contributed by atoms with Gasteiger partial charge >= 0.3 is 0 Å². The highest BCUT2D eigenvalue weighted by atomic mass is 35.5. The monoisotopic (exact) mass is 297 g/mol. The highest BCUT2D eigenvalue weighted by Crippen LogP contribution is 2.25. The summed E-state index contributed by atoms with van der Waals surface area (Å²) in [6.07, 6.45) is 4.01. The van der Waals surface area contributed by atoms with Crippen molar-refractivity contribution in [1.29, 1.82) is 0 Å². The first-order chi connectivity index (χ1) is 9.24. The molecule has 20 heavy (non-hydrogen) atoms. The highest BCUT2D eigenvalue weighted by Gasteiger charge is 2.24. The van der Waals surface area contributed by atoms with Crippen LogP contribution < -0.4 is 10.1 Å². The summed E-state index contributed by atoms with van der Waals surface area (Å²) >= 11 is 0. The third-order valence-electron chi connectivity index (χ3n) is 3.75. The Kier molecular flexibility index (Phi) is 4.96. The van der Waals surface area contributed by atoms with Gasteiger partial charge in [0.25, 0.3) is 0 Å². The molecule has 0 bridgehead atoms. The number of hydrogen-bond acceptors (Lipinski definition) is 5. The minimum absolute atomic E-state index is 0. The number of halogens is 1. The predicted octanol–water partition coefficient (Wildman–Crippen LogP) is 1.15. The summed E-state index contributed by atoms with van der Waals surface area (Å²) in [7, 11) is 0. The molecule has 1 N–H and O–H groups in total. The summed E-state index contributed by atoms with van der Waals surface area (Å²) in [5.74, 6) is 0.840. The van der Waals surface area contributed by atoms with Gasteiger partial charge in [-0.3, -0.25) is 9.88 Å². The van der Waals surface area contributed by atoms with E-state index >= 15 is 0 Å². The lowest BCUT2D eigenvalue weighted by Gasteiger charge is -2.13. The van der Waals surface area contributed by atoms with Crippen LogP contribution in [0.15, 0.2) is 12.3 Å². The Bertz CT molecular complexity index is 483. The summed E-state index contributed by atoms with van der Waals surface area (Å²) in [5.41, 5.74) is 2.24. The van der Waals surface area contributed by atoms with E-state index in [9.17, 15) is 4.79 Å². The molecule has 3 heterocycles. The van der Waals surface area contributed by atoms with Crippen molar-refractivity contribution in [3.63, 3.8) is 0 Å². The van der Waals surface area contributed by atoms with Crippen LogP contribution in [-0.2, 0) is 17.9 Å². The van der Waals surface area contributed by atoms with Gasteiger partial charge in [-0.1, -0.05) is 0 Å². The highest BCUT2D eigenvalue weighted by molar-refractivity contribution is 5.85. The van der Waals surface area contributed by atoms with Gasteiger partial charge in [0.05, 0.1) is 18.4 Å². The second-order valence-corrected chi connectivity index (χ2v) is 5.40. The molecular formula is C14H20ClN3O2. The first-order valence-electron chi connectivity index (χ1n) is 6.78. The molecule has 0 aliphatic carbocycles. The number of carbonyl (C=O) groups excluding carboxylic acids is 1. The number of fused-ring (bicyclic) bond motifs is 1. The van der Waals surface area contributed by atoms with E-state index in [0.717, 1.165) is 43.8 Å². The maximum atomic E-state index is 10.5. The third kappa shape index (κ3) is 3.29. The molecular weight excluding hydrogens is 278 g/mol. The fraction of sp³-hybridized carbons (Fsp3) is 0.571. The Hall–Kier alpha value is -1.17. The van der Waals surface area contributed by atoms with Crippen LogP contribution in [0.25, 0.3) is 0 Å².